The topological polar surface area (TPSA) is 78.0 Å². The van der Waals surface area contributed by atoms with Crippen molar-refractivity contribution in [3.63, 3.8) is 0 Å². The second-order valence-corrected chi connectivity index (χ2v) is 6.91. The van der Waals surface area contributed by atoms with Gasteiger partial charge in [-0.15, -0.1) is 0 Å². The lowest BCUT2D eigenvalue weighted by Crippen LogP contribution is -2.42. The van der Waals surface area contributed by atoms with Crippen LogP contribution in [0.4, 0.5) is 5.69 Å². The van der Waals surface area contributed by atoms with Crippen molar-refractivity contribution in [1.29, 1.82) is 0 Å². The van der Waals surface area contributed by atoms with Crippen molar-refractivity contribution in [2.45, 2.75) is 38.2 Å². The fourth-order valence-corrected chi connectivity index (χ4v) is 3.82. The first-order valence-electron chi connectivity index (χ1n) is 7.71. The number of amides is 1. The van der Waals surface area contributed by atoms with E-state index >= 15 is 0 Å². The van der Waals surface area contributed by atoms with Crippen LogP contribution >= 0.6 is 11.8 Å². The molecule has 1 fully saturated rings. The first kappa shape index (κ1) is 15.4. The molecule has 1 aromatic carbocycles. The number of aryl methyl sites for hydroxylation is 1. The van der Waals surface area contributed by atoms with Crippen LogP contribution in [0.1, 0.15) is 32.0 Å². The zero-order chi connectivity index (χ0) is 15.6. The number of nitrogens with one attached hydrogen (secondary N) is 2. The highest BCUT2D eigenvalue weighted by atomic mass is 32.2. The number of H-pyrrole nitrogens is 1. The molecule has 0 aliphatic carbocycles. The van der Waals surface area contributed by atoms with Gasteiger partial charge >= 0.3 is 0 Å². The summed E-state index contributed by atoms with van der Waals surface area (Å²) in [6, 6.07) is 5.60. The molecule has 1 saturated heterocycles. The molecule has 1 amide bonds. The number of aromatic nitrogens is 2. The number of aromatic amines is 1. The van der Waals surface area contributed by atoms with Gasteiger partial charge in [0, 0.05) is 17.9 Å². The molecule has 3 N–H and O–H groups in total. The zero-order valence-corrected chi connectivity index (χ0v) is 13.5. The molecule has 3 rings (SSSR count). The first-order chi connectivity index (χ1) is 10.6. The number of hydrogen-bond acceptors (Lipinski definition) is 4. The minimum Gasteiger partial charge on any atom is -0.379 e. The Morgan fingerprint density at radius 2 is 2.41 bits per heavy atom. The minimum absolute atomic E-state index is 0.317. The predicted octanol–water partition coefficient (Wildman–Crippen LogP) is 2.71. The molecule has 2 aromatic rings. The van der Waals surface area contributed by atoms with E-state index < -0.39 is 5.60 Å². The number of anilines is 1. The standard InChI is InChI=1S/C16H21N3O2S/c1-2-3-4-14-18-12-6-5-11(9-13(12)19-14)17-15(20)16(21)7-8-22-10-16/h5-6,9,21H,2-4,7-8,10H2,1H3,(H,17,20)(H,18,19)/t16-/m1/s1. The average molecular weight is 319 g/mol. The van der Waals surface area contributed by atoms with Gasteiger partial charge in [-0.2, -0.15) is 11.8 Å². The summed E-state index contributed by atoms with van der Waals surface area (Å²) in [4.78, 5) is 20.1. The van der Waals surface area contributed by atoms with E-state index in [1.807, 2.05) is 18.2 Å². The van der Waals surface area contributed by atoms with Crippen molar-refractivity contribution in [2.75, 3.05) is 16.8 Å². The molecule has 5 nitrogen and oxygen atoms in total. The maximum absolute atomic E-state index is 12.2. The molecule has 1 aromatic heterocycles. The number of thioether (sulfide) groups is 1. The smallest absolute Gasteiger partial charge is 0.257 e. The van der Waals surface area contributed by atoms with Crippen molar-refractivity contribution >= 4 is 34.4 Å². The summed E-state index contributed by atoms with van der Waals surface area (Å²) < 4.78 is 0. The van der Waals surface area contributed by atoms with Gasteiger partial charge in [0.05, 0.1) is 11.0 Å². The van der Waals surface area contributed by atoms with Crippen LogP contribution < -0.4 is 5.32 Å². The van der Waals surface area contributed by atoms with Crippen LogP contribution in [0.25, 0.3) is 11.0 Å². The van der Waals surface area contributed by atoms with E-state index in [0.29, 0.717) is 17.9 Å². The zero-order valence-electron chi connectivity index (χ0n) is 12.7. The molecule has 0 saturated carbocycles. The summed E-state index contributed by atoms with van der Waals surface area (Å²) in [6.07, 6.45) is 3.68. The Hall–Kier alpha value is -1.53. The van der Waals surface area contributed by atoms with Crippen molar-refractivity contribution in [3.8, 4) is 0 Å². The molecule has 1 atom stereocenters. The number of unbranched alkanes of at least 4 members (excludes halogenated alkanes) is 1. The number of hydrogen-bond donors (Lipinski definition) is 3. The van der Waals surface area contributed by atoms with Gasteiger partial charge in [-0.1, -0.05) is 13.3 Å². The van der Waals surface area contributed by atoms with Crippen LogP contribution in [-0.4, -0.2) is 38.1 Å². The number of aliphatic hydroxyl groups is 1. The molecular formula is C16H21N3O2S. The molecule has 2 heterocycles. The summed E-state index contributed by atoms with van der Waals surface area (Å²) in [7, 11) is 0. The highest BCUT2D eigenvalue weighted by molar-refractivity contribution is 7.99. The van der Waals surface area contributed by atoms with Crippen LogP contribution in [0, 0.1) is 0 Å². The molecule has 0 spiro atoms. The third kappa shape index (κ3) is 3.13. The summed E-state index contributed by atoms with van der Waals surface area (Å²) >= 11 is 1.61. The lowest BCUT2D eigenvalue weighted by molar-refractivity contribution is -0.131. The van der Waals surface area contributed by atoms with E-state index in [1.54, 1.807) is 11.8 Å². The molecule has 0 bridgehead atoms. The third-order valence-electron chi connectivity index (χ3n) is 3.98. The van der Waals surface area contributed by atoms with Crippen LogP contribution in [0.5, 0.6) is 0 Å². The van der Waals surface area contributed by atoms with Gasteiger partial charge in [0.15, 0.2) is 5.60 Å². The number of carbonyl (C=O) groups is 1. The van der Waals surface area contributed by atoms with Gasteiger partial charge in [-0.3, -0.25) is 4.79 Å². The highest BCUT2D eigenvalue weighted by Gasteiger charge is 2.39. The predicted molar refractivity (Wildman–Crippen MR) is 90.2 cm³/mol. The SMILES string of the molecule is CCCCc1nc2ccc(NC(=O)[C@@]3(O)CCSC3)cc2[nH]1. The van der Waals surface area contributed by atoms with Crippen molar-refractivity contribution in [2.24, 2.45) is 0 Å². The molecule has 1 aliphatic rings. The monoisotopic (exact) mass is 319 g/mol. The van der Waals surface area contributed by atoms with E-state index in [-0.39, 0.29) is 5.91 Å². The van der Waals surface area contributed by atoms with Crippen LogP contribution in [0.2, 0.25) is 0 Å². The Kier molecular flexibility index (Phi) is 4.40. The lowest BCUT2D eigenvalue weighted by Gasteiger charge is -2.20. The van der Waals surface area contributed by atoms with Gasteiger partial charge in [-0.05, 0) is 36.8 Å². The van der Waals surface area contributed by atoms with Crippen LogP contribution in [-0.2, 0) is 11.2 Å². The van der Waals surface area contributed by atoms with Gasteiger partial charge in [-0.25, -0.2) is 4.98 Å². The van der Waals surface area contributed by atoms with Crippen molar-refractivity contribution in [1.82, 2.24) is 9.97 Å². The molecule has 6 heteroatoms. The van der Waals surface area contributed by atoms with E-state index in [1.165, 1.54) is 0 Å². The summed E-state index contributed by atoms with van der Waals surface area (Å²) in [6.45, 7) is 2.16. The summed E-state index contributed by atoms with van der Waals surface area (Å²) in [5.74, 6) is 1.95. The molecule has 0 radical (unpaired) electrons. The van der Waals surface area contributed by atoms with E-state index in [4.69, 9.17) is 0 Å². The van der Waals surface area contributed by atoms with Crippen LogP contribution in [0.3, 0.4) is 0 Å². The number of carbonyl (C=O) groups excluding carboxylic acids is 1. The number of rotatable bonds is 5. The second-order valence-electron chi connectivity index (χ2n) is 5.81. The Bertz CT molecular complexity index is 677. The molecule has 118 valence electrons. The van der Waals surface area contributed by atoms with E-state index in [9.17, 15) is 9.90 Å². The lowest BCUT2D eigenvalue weighted by atomic mass is 10.0. The summed E-state index contributed by atoms with van der Waals surface area (Å²) in [5.41, 5.74) is 1.27. The highest BCUT2D eigenvalue weighted by Crippen LogP contribution is 2.29. The van der Waals surface area contributed by atoms with E-state index in [0.717, 1.165) is 41.9 Å². The van der Waals surface area contributed by atoms with Crippen molar-refractivity contribution in [3.05, 3.63) is 24.0 Å². The fraction of sp³-hybridized carbons (Fsp3) is 0.500. The van der Waals surface area contributed by atoms with Gasteiger partial charge in [0.2, 0.25) is 0 Å². The third-order valence-corrected chi connectivity index (χ3v) is 5.15. The molecule has 1 aliphatic heterocycles. The maximum atomic E-state index is 12.2. The molecule has 0 unspecified atom stereocenters. The van der Waals surface area contributed by atoms with Gasteiger partial charge in [0.25, 0.3) is 5.91 Å². The Balaban J connectivity index is 1.75. The number of imidazole rings is 1. The van der Waals surface area contributed by atoms with Gasteiger partial charge < -0.3 is 15.4 Å². The maximum Gasteiger partial charge on any atom is 0.257 e. The fourth-order valence-electron chi connectivity index (χ4n) is 2.58. The molecule has 22 heavy (non-hydrogen) atoms. The average Bonchev–Trinajstić information content (AvgIpc) is 3.11. The Morgan fingerprint density at radius 3 is 3.14 bits per heavy atom. The Morgan fingerprint density at radius 1 is 1.55 bits per heavy atom. The van der Waals surface area contributed by atoms with E-state index in [2.05, 4.69) is 22.2 Å². The minimum atomic E-state index is -1.24. The van der Waals surface area contributed by atoms with Crippen LogP contribution in [0.15, 0.2) is 18.2 Å². The quantitative estimate of drug-likeness (QED) is 0.792. The molecular weight excluding hydrogens is 298 g/mol. The van der Waals surface area contributed by atoms with Crippen molar-refractivity contribution < 1.29 is 9.90 Å². The number of benzene rings is 1. The summed E-state index contributed by atoms with van der Waals surface area (Å²) in [5, 5.41) is 13.1. The second kappa shape index (κ2) is 6.30. The first-order valence-corrected chi connectivity index (χ1v) is 8.86. The largest absolute Gasteiger partial charge is 0.379 e. The normalized spacial score (nSPS) is 21.4. The number of nitrogens with zero attached hydrogens (tertiary/aromatic N) is 1. The van der Waals surface area contributed by atoms with Gasteiger partial charge in [0.1, 0.15) is 5.82 Å². The number of fused-ring (bicyclic) bond motifs is 1. The Labute approximate surface area is 133 Å².